The van der Waals surface area contributed by atoms with Gasteiger partial charge in [0.25, 0.3) is 5.69 Å². The molecule has 0 atom stereocenters. The molecular weight excluding hydrogens is 302 g/mol. The van der Waals surface area contributed by atoms with Crippen molar-refractivity contribution in [1.29, 1.82) is 0 Å². The number of nitrogens with zero attached hydrogens (tertiary/aromatic N) is 1. The van der Waals surface area contributed by atoms with E-state index in [4.69, 9.17) is 16.7 Å². The van der Waals surface area contributed by atoms with Crippen LogP contribution in [0.3, 0.4) is 0 Å². The Morgan fingerprint density at radius 2 is 2.20 bits per heavy atom. The van der Waals surface area contributed by atoms with Crippen LogP contribution in [0, 0.1) is 15.5 Å². The van der Waals surface area contributed by atoms with Gasteiger partial charge in [-0.1, -0.05) is 11.6 Å². The predicted molar refractivity (Wildman–Crippen MR) is 78.2 cm³/mol. The second kappa shape index (κ2) is 6.01. The number of halogens is 1. The third kappa shape index (κ3) is 3.86. The average Bonchev–Trinajstić information content (AvgIpc) is 3.09. The largest absolute Gasteiger partial charge is 0.481 e. The molecule has 7 heteroatoms. The minimum absolute atomic E-state index is 0.0214. The Balaban J connectivity index is 1.95. The van der Waals surface area contributed by atoms with Crippen LogP contribution in [0.4, 0.5) is 5.69 Å². The van der Waals surface area contributed by atoms with Crippen LogP contribution in [0.25, 0.3) is 0 Å². The molecule has 108 valence electrons. The predicted octanol–water partition coefficient (Wildman–Crippen LogP) is 3.74. The molecule has 1 fully saturated rings. The van der Waals surface area contributed by atoms with Crippen LogP contribution in [-0.4, -0.2) is 21.8 Å². The average molecular weight is 316 g/mol. The highest BCUT2D eigenvalue weighted by Crippen LogP contribution is 2.51. The molecular formula is C13H14ClNO4S. The minimum Gasteiger partial charge on any atom is -0.481 e. The van der Waals surface area contributed by atoms with Crippen molar-refractivity contribution >= 4 is 35.0 Å². The van der Waals surface area contributed by atoms with Crippen LogP contribution >= 0.6 is 23.4 Å². The Bertz CT molecular complexity index is 545. The molecule has 0 radical (unpaired) electrons. The molecule has 1 saturated carbocycles. The van der Waals surface area contributed by atoms with Crippen LogP contribution in [-0.2, 0) is 10.5 Å². The fourth-order valence-electron chi connectivity index (χ4n) is 2.08. The summed E-state index contributed by atoms with van der Waals surface area (Å²) in [7, 11) is 0. The van der Waals surface area contributed by atoms with Crippen molar-refractivity contribution < 1.29 is 14.8 Å². The Morgan fingerprint density at radius 1 is 1.50 bits per heavy atom. The summed E-state index contributed by atoms with van der Waals surface area (Å²) < 4.78 is 0. The van der Waals surface area contributed by atoms with Crippen molar-refractivity contribution in [3.8, 4) is 0 Å². The number of nitro groups is 1. The summed E-state index contributed by atoms with van der Waals surface area (Å²) in [5.41, 5.74) is 0.543. The Hall–Kier alpha value is -1.27. The topological polar surface area (TPSA) is 80.4 Å². The van der Waals surface area contributed by atoms with Crippen molar-refractivity contribution in [2.24, 2.45) is 5.41 Å². The molecule has 1 aliphatic rings. The van der Waals surface area contributed by atoms with E-state index in [9.17, 15) is 14.9 Å². The van der Waals surface area contributed by atoms with Crippen LogP contribution in [0.5, 0.6) is 0 Å². The summed E-state index contributed by atoms with van der Waals surface area (Å²) >= 11 is 7.30. The Labute approximate surface area is 125 Å². The highest BCUT2D eigenvalue weighted by Gasteiger charge is 2.44. The number of nitro benzene ring substituents is 1. The van der Waals surface area contributed by atoms with Crippen LogP contribution in [0.2, 0.25) is 5.02 Å². The molecule has 5 nitrogen and oxygen atoms in total. The van der Waals surface area contributed by atoms with E-state index in [1.165, 1.54) is 6.07 Å². The lowest BCUT2D eigenvalue weighted by Gasteiger charge is -2.11. The van der Waals surface area contributed by atoms with E-state index >= 15 is 0 Å². The molecule has 20 heavy (non-hydrogen) atoms. The summed E-state index contributed by atoms with van der Waals surface area (Å²) in [6.07, 6.45) is 2.03. The fourth-order valence-corrected chi connectivity index (χ4v) is 3.63. The van der Waals surface area contributed by atoms with E-state index in [1.54, 1.807) is 23.9 Å². The van der Waals surface area contributed by atoms with Gasteiger partial charge in [-0.25, -0.2) is 0 Å². The second-order valence-corrected chi connectivity index (χ2v) is 6.52. The number of benzene rings is 1. The first-order valence-electron chi connectivity index (χ1n) is 6.14. The maximum atomic E-state index is 11.0. The second-order valence-electron chi connectivity index (χ2n) is 5.09. The zero-order valence-corrected chi connectivity index (χ0v) is 12.2. The standard InChI is InChI=1S/C13H14ClNO4S/c14-10-2-1-9(11(5-10)15(18)19)7-20-8-13(3-4-13)6-12(16)17/h1-2,5H,3-4,6-8H2,(H,16,17). The molecule has 1 aromatic rings. The van der Waals surface area contributed by atoms with Crippen molar-refractivity contribution in [2.45, 2.75) is 25.0 Å². The van der Waals surface area contributed by atoms with Gasteiger partial charge in [0.05, 0.1) is 11.3 Å². The first kappa shape index (κ1) is 15.1. The maximum absolute atomic E-state index is 11.0. The number of carbonyl (C=O) groups is 1. The molecule has 0 spiro atoms. The van der Waals surface area contributed by atoms with E-state index in [1.807, 2.05) is 0 Å². The van der Waals surface area contributed by atoms with Gasteiger partial charge in [0.1, 0.15) is 0 Å². The SMILES string of the molecule is O=C(O)CC1(CSCc2ccc(Cl)cc2[N+](=O)[O-])CC1. The molecule has 0 amide bonds. The molecule has 1 aliphatic carbocycles. The van der Waals surface area contributed by atoms with Gasteiger partial charge < -0.3 is 5.11 Å². The molecule has 2 rings (SSSR count). The lowest BCUT2D eigenvalue weighted by Crippen LogP contribution is -2.11. The van der Waals surface area contributed by atoms with E-state index in [-0.39, 0.29) is 17.5 Å². The number of thioether (sulfide) groups is 1. The van der Waals surface area contributed by atoms with Gasteiger partial charge >= 0.3 is 5.97 Å². The number of rotatable bonds is 7. The maximum Gasteiger partial charge on any atom is 0.303 e. The monoisotopic (exact) mass is 315 g/mol. The van der Waals surface area contributed by atoms with Gasteiger partial charge in [-0.2, -0.15) is 11.8 Å². The number of carboxylic acid groups (broad SMARTS) is 1. The molecule has 1 aromatic carbocycles. The van der Waals surface area contributed by atoms with Gasteiger partial charge in [-0.05, 0) is 36.1 Å². The molecule has 0 unspecified atom stereocenters. The number of aliphatic carboxylic acids is 1. The zero-order valence-electron chi connectivity index (χ0n) is 10.7. The summed E-state index contributed by atoms with van der Waals surface area (Å²) in [5.74, 6) is 0.439. The third-order valence-electron chi connectivity index (χ3n) is 3.39. The molecule has 0 aromatic heterocycles. The number of hydrogen-bond acceptors (Lipinski definition) is 4. The summed E-state index contributed by atoms with van der Waals surface area (Å²) in [6, 6.07) is 4.64. The highest BCUT2D eigenvalue weighted by molar-refractivity contribution is 7.98. The summed E-state index contributed by atoms with van der Waals surface area (Å²) in [5, 5.41) is 20.1. The van der Waals surface area contributed by atoms with Crippen molar-refractivity contribution in [1.82, 2.24) is 0 Å². The molecule has 1 N–H and O–H groups in total. The summed E-state index contributed by atoms with van der Waals surface area (Å²) in [6.45, 7) is 0. The van der Waals surface area contributed by atoms with E-state index < -0.39 is 10.9 Å². The van der Waals surface area contributed by atoms with Crippen molar-refractivity contribution in [2.75, 3.05) is 5.75 Å². The van der Waals surface area contributed by atoms with Crippen LogP contribution in [0.15, 0.2) is 18.2 Å². The minimum atomic E-state index is -0.777. The Morgan fingerprint density at radius 3 is 2.75 bits per heavy atom. The first-order chi connectivity index (χ1) is 9.42. The summed E-state index contributed by atoms with van der Waals surface area (Å²) in [4.78, 5) is 21.3. The number of hydrogen-bond donors (Lipinski definition) is 1. The molecule has 0 bridgehead atoms. The Kier molecular flexibility index (Phi) is 4.55. The quantitative estimate of drug-likeness (QED) is 0.612. The fraction of sp³-hybridized carbons (Fsp3) is 0.462. The van der Waals surface area contributed by atoms with Crippen molar-refractivity contribution in [3.63, 3.8) is 0 Å². The van der Waals surface area contributed by atoms with Crippen LogP contribution in [0.1, 0.15) is 24.8 Å². The molecule has 0 aliphatic heterocycles. The molecule has 0 heterocycles. The van der Waals surface area contributed by atoms with Gasteiger partial charge in [0.15, 0.2) is 0 Å². The third-order valence-corrected chi connectivity index (χ3v) is 4.96. The van der Waals surface area contributed by atoms with Crippen LogP contribution < -0.4 is 0 Å². The smallest absolute Gasteiger partial charge is 0.303 e. The van der Waals surface area contributed by atoms with Crippen molar-refractivity contribution in [3.05, 3.63) is 38.9 Å². The van der Waals surface area contributed by atoms with Gasteiger partial charge in [0, 0.05) is 22.4 Å². The normalized spacial score (nSPS) is 15.8. The highest BCUT2D eigenvalue weighted by atomic mass is 35.5. The van der Waals surface area contributed by atoms with Gasteiger partial charge in [0.2, 0.25) is 0 Å². The van der Waals surface area contributed by atoms with E-state index in [2.05, 4.69) is 0 Å². The number of carboxylic acids is 1. The molecule has 0 saturated heterocycles. The first-order valence-corrected chi connectivity index (χ1v) is 7.67. The van der Waals surface area contributed by atoms with Gasteiger partial charge in [-0.15, -0.1) is 0 Å². The lowest BCUT2D eigenvalue weighted by molar-refractivity contribution is -0.385. The lowest BCUT2D eigenvalue weighted by atomic mass is 10.1. The van der Waals surface area contributed by atoms with E-state index in [0.29, 0.717) is 16.3 Å². The zero-order chi connectivity index (χ0) is 14.8. The van der Waals surface area contributed by atoms with E-state index in [0.717, 1.165) is 18.6 Å². The van der Waals surface area contributed by atoms with Gasteiger partial charge in [-0.3, -0.25) is 14.9 Å².